The van der Waals surface area contributed by atoms with Crippen molar-refractivity contribution >= 4 is 5.78 Å². The van der Waals surface area contributed by atoms with Crippen LogP contribution in [0.3, 0.4) is 0 Å². The first kappa shape index (κ1) is 11.7. The first-order valence-electron chi connectivity index (χ1n) is 5.39. The van der Waals surface area contributed by atoms with E-state index in [1.807, 2.05) is 32.8 Å². The van der Waals surface area contributed by atoms with Gasteiger partial charge in [0.15, 0.2) is 5.78 Å². The van der Waals surface area contributed by atoms with Crippen LogP contribution in [0.1, 0.15) is 40.5 Å². The van der Waals surface area contributed by atoms with E-state index in [1.165, 1.54) is 0 Å². The van der Waals surface area contributed by atoms with Crippen LogP contribution in [-0.2, 0) is 4.79 Å². The van der Waals surface area contributed by atoms with Crippen LogP contribution < -0.4 is 5.43 Å². The van der Waals surface area contributed by atoms with Gasteiger partial charge in [0.2, 0.25) is 0 Å². The Balaban J connectivity index is 2.66. The fraction of sp³-hybridized carbons (Fsp3) is 0.909. The van der Waals surface area contributed by atoms with Gasteiger partial charge in [0.1, 0.15) is 0 Å². The smallest absolute Gasteiger partial charge is 0.156 e. The molecule has 1 N–H and O–H groups in total. The number of Topliss-reactive ketones (excluding diaryl/α,β-unsaturated/α-hetero) is 1. The number of nitrogens with one attached hydrogen (secondary N) is 1. The molecule has 1 rings (SSSR count). The van der Waals surface area contributed by atoms with E-state index in [9.17, 15) is 4.79 Å². The van der Waals surface area contributed by atoms with Gasteiger partial charge in [0.05, 0.1) is 6.04 Å². The topological polar surface area (TPSA) is 32.3 Å². The van der Waals surface area contributed by atoms with Crippen molar-refractivity contribution in [2.24, 2.45) is 5.41 Å². The number of likely N-dealkylation sites (N-methyl/N-ethyl adjacent to an activating group) is 1. The van der Waals surface area contributed by atoms with E-state index in [1.54, 1.807) is 0 Å². The lowest BCUT2D eigenvalue weighted by Crippen LogP contribution is -2.43. The molecule has 0 aromatic carbocycles. The molecule has 14 heavy (non-hydrogen) atoms. The van der Waals surface area contributed by atoms with E-state index >= 15 is 0 Å². The summed E-state index contributed by atoms with van der Waals surface area (Å²) in [5.74, 6) is 0.337. The molecule has 3 nitrogen and oxygen atoms in total. The summed E-state index contributed by atoms with van der Waals surface area (Å²) >= 11 is 0. The molecule has 0 spiro atoms. The van der Waals surface area contributed by atoms with Gasteiger partial charge in [-0.15, -0.1) is 0 Å². The number of rotatable bonds is 2. The molecule has 82 valence electrons. The second-order valence-corrected chi connectivity index (χ2v) is 5.21. The van der Waals surface area contributed by atoms with E-state index in [0.717, 1.165) is 12.8 Å². The minimum Gasteiger partial charge on any atom is -0.297 e. The average Bonchev–Trinajstić information content (AvgIpc) is 2.43. The zero-order valence-electron chi connectivity index (χ0n) is 9.92. The van der Waals surface area contributed by atoms with E-state index < -0.39 is 0 Å². The Morgan fingerprint density at radius 3 is 2.43 bits per heavy atom. The Morgan fingerprint density at radius 1 is 1.50 bits per heavy atom. The maximum atomic E-state index is 12.1. The number of nitrogens with zero attached hydrogens (tertiary/aromatic N) is 1. The molecule has 0 amide bonds. The number of ketones is 1. The number of carbonyl (C=O) groups excluding carboxylic acids is 1. The molecule has 0 aromatic heterocycles. The second-order valence-electron chi connectivity index (χ2n) is 5.21. The van der Waals surface area contributed by atoms with Gasteiger partial charge in [-0.05, 0) is 12.8 Å². The van der Waals surface area contributed by atoms with E-state index in [0.29, 0.717) is 11.8 Å². The largest absolute Gasteiger partial charge is 0.297 e. The van der Waals surface area contributed by atoms with Crippen molar-refractivity contribution in [3.05, 3.63) is 0 Å². The Bertz CT molecular complexity index is 220. The first-order chi connectivity index (χ1) is 6.36. The summed E-state index contributed by atoms with van der Waals surface area (Å²) < 4.78 is 0. The summed E-state index contributed by atoms with van der Waals surface area (Å²) in [6.45, 7) is 8.11. The van der Waals surface area contributed by atoms with E-state index in [2.05, 4.69) is 12.3 Å². The van der Waals surface area contributed by atoms with Crippen molar-refractivity contribution in [3.63, 3.8) is 0 Å². The Morgan fingerprint density at radius 2 is 2.07 bits per heavy atom. The SMILES string of the molecule is CCC1CC(C(=O)C(C)(C)C)N(C)N1. The van der Waals surface area contributed by atoms with E-state index in [4.69, 9.17) is 0 Å². The van der Waals surface area contributed by atoms with Crippen LogP contribution in [0.4, 0.5) is 0 Å². The number of hydrogen-bond donors (Lipinski definition) is 1. The normalized spacial score (nSPS) is 29.5. The fourth-order valence-corrected chi connectivity index (χ4v) is 1.90. The fourth-order valence-electron chi connectivity index (χ4n) is 1.90. The molecular formula is C11H22N2O. The minimum absolute atomic E-state index is 0.0555. The van der Waals surface area contributed by atoms with Crippen molar-refractivity contribution < 1.29 is 4.79 Å². The van der Waals surface area contributed by atoms with Crippen LogP contribution in [-0.4, -0.2) is 29.9 Å². The molecule has 0 aromatic rings. The molecule has 3 heteroatoms. The Kier molecular flexibility index (Phi) is 3.32. The third kappa shape index (κ3) is 2.34. The van der Waals surface area contributed by atoms with Gasteiger partial charge < -0.3 is 0 Å². The third-order valence-electron chi connectivity index (χ3n) is 2.90. The maximum absolute atomic E-state index is 12.1. The molecule has 0 aliphatic carbocycles. The summed E-state index contributed by atoms with van der Waals surface area (Å²) in [5.41, 5.74) is 3.09. The predicted octanol–water partition coefficient (Wildman–Crippen LogP) is 1.59. The molecule has 1 aliphatic heterocycles. The number of hydrazine groups is 1. The highest BCUT2D eigenvalue weighted by molar-refractivity contribution is 5.88. The van der Waals surface area contributed by atoms with Gasteiger partial charge >= 0.3 is 0 Å². The van der Waals surface area contributed by atoms with Crippen molar-refractivity contribution in [1.82, 2.24) is 10.4 Å². The van der Waals surface area contributed by atoms with Crippen LogP contribution in [0.5, 0.6) is 0 Å². The van der Waals surface area contributed by atoms with Crippen molar-refractivity contribution in [3.8, 4) is 0 Å². The number of carbonyl (C=O) groups is 1. The lowest BCUT2D eigenvalue weighted by molar-refractivity contribution is -0.131. The molecule has 1 fully saturated rings. The minimum atomic E-state index is -0.233. The molecule has 0 radical (unpaired) electrons. The lowest BCUT2D eigenvalue weighted by Gasteiger charge is -2.25. The highest BCUT2D eigenvalue weighted by atomic mass is 16.1. The summed E-state index contributed by atoms with van der Waals surface area (Å²) in [7, 11) is 1.96. The van der Waals surface area contributed by atoms with Crippen LogP contribution in [0, 0.1) is 5.41 Å². The van der Waals surface area contributed by atoms with Gasteiger partial charge in [-0.25, -0.2) is 5.01 Å². The van der Waals surface area contributed by atoms with Gasteiger partial charge in [-0.1, -0.05) is 27.7 Å². The maximum Gasteiger partial charge on any atom is 0.156 e. The van der Waals surface area contributed by atoms with Gasteiger partial charge in [0.25, 0.3) is 0 Å². The van der Waals surface area contributed by atoms with Crippen LogP contribution in [0.2, 0.25) is 0 Å². The van der Waals surface area contributed by atoms with Crippen LogP contribution >= 0.6 is 0 Å². The highest BCUT2D eigenvalue weighted by Crippen LogP contribution is 2.25. The molecule has 0 saturated carbocycles. The first-order valence-corrected chi connectivity index (χ1v) is 5.39. The highest BCUT2D eigenvalue weighted by Gasteiger charge is 2.38. The quantitative estimate of drug-likeness (QED) is 0.731. The summed E-state index contributed by atoms with van der Waals surface area (Å²) in [4.78, 5) is 12.1. The van der Waals surface area contributed by atoms with Gasteiger partial charge in [-0.3, -0.25) is 10.2 Å². The number of hydrogen-bond acceptors (Lipinski definition) is 3. The zero-order valence-corrected chi connectivity index (χ0v) is 9.92. The predicted molar refractivity (Wildman–Crippen MR) is 57.8 cm³/mol. The Labute approximate surface area is 86.8 Å². The molecule has 0 bridgehead atoms. The molecule has 1 heterocycles. The van der Waals surface area contributed by atoms with Crippen molar-refractivity contribution in [1.29, 1.82) is 0 Å². The standard InChI is InChI=1S/C11H22N2O/c1-6-8-7-9(13(5)12-8)10(14)11(2,3)4/h8-9,12H,6-7H2,1-5H3. The van der Waals surface area contributed by atoms with E-state index in [-0.39, 0.29) is 11.5 Å². The Hall–Kier alpha value is -0.410. The van der Waals surface area contributed by atoms with Gasteiger partial charge in [0, 0.05) is 18.5 Å². The summed E-state index contributed by atoms with van der Waals surface area (Å²) in [5, 5.41) is 1.97. The summed E-state index contributed by atoms with van der Waals surface area (Å²) in [6.07, 6.45) is 2.03. The monoisotopic (exact) mass is 198 g/mol. The molecule has 1 saturated heterocycles. The zero-order chi connectivity index (χ0) is 10.9. The summed E-state index contributed by atoms with van der Waals surface area (Å²) in [6, 6.07) is 0.524. The molecule has 1 aliphatic rings. The molecule has 2 atom stereocenters. The molecular weight excluding hydrogens is 176 g/mol. The van der Waals surface area contributed by atoms with Gasteiger partial charge in [-0.2, -0.15) is 0 Å². The second kappa shape index (κ2) is 3.99. The molecule has 2 unspecified atom stereocenters. The lowest BCUT2D eigenvalue weighted by atomic mass is 9.85. The van der Waals surface area contributed by atoms with Crippen LogP contribution in [0.15, 0.2) is 0 Å². The third-order valence-corrected chi connectivity index (χ3v) is 2.90. The van der Waals surface area contributed by atoms with Crippen molar-refractivity contribution in [2.45, 2.75) is 52.6 Å². The van der Waals surface area contributed by atoms with Crippen molar-refractivity contribution in [2.75, 3.05) is 7.05 Å². The average molecular weight is 198 g/mol. The van der Waals surface area contributed by atoms with Crippen LogP contribution in [0.25, 0.3) is 0 Å².